The van der Waals surface area contributed by atoms with Crippen molar-refractivity contribution in [3.63, 3.8) is 0 Å². The number of nitrogens with one attached hydrogen (secondary N) is 1. The van der Waals surface area contributed by atoms with E-state index in [1.807, 2.05) is 16.8 Å². The van der Waals surface area contributed by atoms with Crippen molar-refractivity contribution in [1.82, 2.24) is 15.2 Å². The van der Waals surface area contributed by atoms with Crippen molar-refractivity contribution in [3.8, 4) is 0 Å². The van der Waals surface area contributed by atoms with Crippen molar-refractivity contribution >= 4 is 11.3 Å². The molecule has 1 aromatic heterocycles. The van der Waals surface area contributed by atoms with Gasteiger partial charge in [-0.3, -0.25) is 4.90 Å². The fourth-order valence-corrected chi connectivity index (χ4v) is 3.59. The molecule has 0 radical (unpaired) electrons. The highest BCUT2D eigenvalue weighted by Crippen LogP contribution is 2.31. The minimum Gasteiger partial charge on any atom is -0.313 e. The van der Waals surface area contributed by atoms with E-state index in [9.17, 15) is 0 Å². The van der Waals surface area contributed by atoms with E-state index in [2.05, 4.69) is 22.1 Å². The molecule has 1 atom stereocenters. The Morgan fingerprint density at radius 3 is 2.89 bits per heavy atom. The average molecular weight is 265 g/mol. The van der Waals surface area contributed by atoms with Gasteiger partial charge < -0.3 is 5.32 Å². The van der Waals surface area contributed by atoms with Crippen LogP contribution >= 0.6 is 11.3 Å². The molecule has 1 saturated heterocycles. The fourth-order valence-electron chi connectivity index (χ4n) is 2.77. The number of thiazole rings is 1. The first kappa shape index (κ1) is 12.6. The maximum absolute atomic E-state index is 4.37. The lowest BCUT2D eigenvalue weighted by molar-refractivity contribution is 0.233. The van der Waals surface area contributed by atoms with E-state index in [1.54, 1.807) is 0 Å². The van der Waals surface area contributed by atoms with Crippen LogP contribution in [0.5, 0.6) is 0 Å². The molecule has 18 heavy (non-hydrogen) atoms. The molecule has 4 heteroatoms. The summed E-state index contributed by atoms with van der Waals surface area (Å²) < 4.78 is 0. The van der Waals surface area contributed by atoms with Crippen LogP contribution in [-0.4, -0.2) is 35.6 Å². The zero-order chi connectivity index (χ0) is 12.4. The van der Waals surface area contributed by atoms with Crippen LogP contribution in [0.1, 0.15) is 36.3 Å². The van der Waals surface area contributed by atoms with Crippen molar-refractivity contribution in [2.24, 2.45) is 5.92 Å². The van der Waals surface area contributed by atoms with Gasteiger partial charge in [-0.1, -0.05) is 0 Å². The quantitative estimate of drug-likeness (QED) is 0.856. The Hall–Kier alpha value is -0.450. The maximum Gasteiger partial charge on any atom is 0.0798 e. The minimum absolute atomic E-state index is 0.719. The van der Waals surface area contributed by atoms with Gasteiger partial charge in [0.1, 0.15) is 0 Å². The zero-order valence-electron chi connectivity index (χ0n) is 11.2. The number of hydrogen-bond donors (Lipinski definition) is 1. The third kappa shape index (κ3) is 3.31. The number of nitrogens with zero attached hydrogens (tertiary/aromatic N) is 2. The van der Waals surface area contributed by atoms with Crippen molar-refractivity contribution in [3.05, 3.63) is 16.1 Å². The standard InChI is InChI=1S/C14H23N3S/c1-11-14(18-10-16-11)9-17(7-12-4-5-12)8-13-3-2-6-15-13/h10,12-13,15H,2-9H2,1H3. The first-order valence-electron chi connectivity index (χ1n) is 7.16. The molecule has 1 N–H and O–H groups in total. The Morgan fingerprint density at radius 2 is 2.28 bits per heavy atom. The SMILES string of the molecule is Cc1ncsc1CN(CC1CC1)CC1CCCN1. The van der Waals surface area contributed by atoms with Gasteiger partial charge in [0.2, 0.25) is 0 Å². The highest BCUT2D eigenvalue weighted by atomic mass is 32.1. The molecular weight excluding hydrogens is 242 g/mol. The number of aryl methyl sites for hydroxylation is 1. The molecule has 0 bridgehead atoms. The van der Waals surface area contributed by atoms with Crippen LogP contribution in [0.25, 0.3) is 0 Å². The van der Waals surface area contributed by atoms with Gasteiger partial charge in [-0.2, -0.15) is 0 Å². The second-order valence-electron chi connectivity index (χ2n) is 5.79. The van der Waals surface area contributed by atoms with E-state index in [-0.39, 0.29) is 0 Å². The number of rotatable bonds is 6. The summed E-state index contributed by atoms with van der Waals surface area (Å²) in [5, 5.41) is 3.62. The molecule has 1 aromatic rings. The van der Waals surface area contributed by atoms with Gasteiger partial charge in [0, 0.05) is 30.6 Å². The van der Waals surface area contributed by atoms with E-state index in [1.165, 1.54) is 55.9 Å². The van der Waals surface area contributed by atoms with Crippen LogP contribution < -0.4 is 5.32 Å². The third-order valence-corrected chi connectivity index (χ3v) is 4.99. The van der Waals surface area contributed by atoms with Crippen LogP contribution in [0.15, 0.2) is 5.51 Å². The summed E-state index contributed by atoms with van der Waals surface area (Å²) in [4.78, 5) is 8.48. The summed E-state index contributed by atoms with van der Waals surface area (Å²) in [6.45, 7) is 6.95. The molecule has 2 heterocycles. The van der Waals surface area contributed by atoms with Gasteiger partial charge in [-0.05, 0) is 45.1 Å². The molecule has 3 rings (SSSR count). The largest absolute Gasteiger partial charge is 0.313 e. The summed E-state index contributed by atoms with van der Waals surface area (Å²) in [7, 11) is 0. The number of hydrogen-bond acceptors (Lipinski definition) is 4. The Morgan fingerprint density at radius 1 is 1.39 bits per heavy atom. The summed E-state index contributed by atoms with van der Waals surface area (Å²) in [5.74, 6) is 0.972. The van der Waals surface area contributed by atoms with Crippen LogP contribution in [0.4, 0.5) is 0 Å². The molecule has 1 aliphatic heterocycles. The molecule has 0 aromatic carbocycles. The Labute approximate surface area is 114 Å². The molecule has 100 valence electrons. The fraction of sp³-hybridized carbons (Fsp3) is 0.786. The van der Waals surface area contributed by atoms with Crippen molar-refractivity contribution in [1.29, 1.82) is 0 Å². The lowest BCUT2D eigenvalue weighted by atomic mass is 10.2. The predicted octanol–water partition coefficient (Wildman–Crippen LogP) is 2.42. The topological polar surface area (TPSA) is 28.2 Å². The van der Waals surface area contributed by atoms with Gasteiger partial charge in [-0.15, -0.1) is 11.3 Å². The van der Waals surface area contributed by atoms with Gasteiger partial charge in [0.05, 0.1) is 11.2 Å². The van der Waals surface area contributed by atoms with Gasteiger partial charge >= 0.3 is 0 Å². The highest BCUT2D eigenvalue weighted by molar-refractivity contribution is 7.09. The molecule has 3 nitrogen and oxygen atoms in total. The summed E-state index contributed by atoms with van der Waals surface area (Å²) in [6, 6.07) is 0.719. The van der Waals surface area contributed by atoms with Crippen molar-refractivity contribution in [2.45, 2.75) is 45.2 Å². The lowest BCUT2D eigenvalue weighted by Crippen LogP contribution is -2.38. The van der Waals surface area contributed by atoms with Crippen LogP contribution in [0.3, 0.4) is 0 Å². The molecule has 0 spiro atoms. The lowest BCUT2D eigenvalue weighted by Gasteiger charge is -2.25. The predicted molar refractivity (Wildman–Crippen MR) is 75.9 cm³/mol. The molecule has 2 fully saturated rings. The molecule has 2 aliphatic rings. The highest BCUT2D eigenvalue weighted by Gasteiger charge is 2.27. The van der Waals surface area contributed by atoms with E-state index in [0.717, 1.165) is 18.5 Å². The second-order valence-corrected chi connectivity index (χ2v) is 6.73. The van der Waals surface area contributed by atoms with Crippen LogP contribution in [-0.2, 0) is 6.54 Å². The second kappa shape index (κ2) is 5.68. The van der Waals surface area contributed by atoms with Crippen molar-refractivity contribution in [2.75, 3.05) is 19.6 Å². The van der Waals surface area contributed by atoms with E-state index >= 15 is 0 Å². The summed E-state index contributed by atoms with van der Waals surface area (Å²) in [5.41, 5.74) is 3.20. The molecule has 1 aliphatic carbocycles. The van der Waals surface area contributed by atoms with Gasteiger partial charge in [0.25, 0.3) is 0 Å². The Bertz CT molecular complexity index is 380. The summed E-state index contributed by atoms with van der Waals surface area (Å²) >= 11 is 1.81. The van der Waals surface area contributed by atoms with E-state index in [0.29, 0.717) is 0 Å². The normalized spacial score (nSPS) is 24.0. The Balaban J connectivity index is 1.59. The first-order valence-corrected chi connectivity index (χ1v) is 8.04. The molecule has 0 amide bonds. The smallest absolute Gasteiger partial charge is 0.0798 e. The Kier molecular flexibility index (Phi) is 3.97. The molecular formula is C14H23N3S. The monoisotopic (exact) mass is 265 g/mol. The first-order chi connectivity index (χ1) is 8.81. The van der Waals surface area contributed by atoms with Crippen LogP contribution in [0.2, 0.25) is 0 Å². The summed E-state index contributed by atoms with van der Waals surface area (Å²) in [6.07, 6.45) is 5.58. The van der Waals surface area contributed by atoms with E-state index < -0.39 is 0 Å². The molecule has 1 unspecified atom stereocenters. The third-order valence-electron chi connectivity index (χ3n) is 4.07. The van der Waals surface area contributed by atoms with Crippen LogP contribution in [0, 0.1) is 12.8 Å². The maximum atomic E-state index is 4.37. The average Bonchev–Trinajstić information content (AvgIpc) is 2.84. The number of aromatic nitrogens is 1. The van der Waals surface area contributed by atoms with Crippen molar-refractivity contribution < 1.29 is 0 Å². The molecule has 1 saturated carbocycles. The zero-order valence-corrected chi connectivity index (χ0v) is 12.0. The van der Waals surface area contributed by atoms with Gasteiger partial charge in [-0.25, -0.2) is 4.98 Å². The van der Waals surface area contributed by atoms with E-state index in [4.69, 9.17) is 0 Å². The minimum atomic E-state index is 0.719. The van der Waals surface area contributed by atoms with Gasteiger partial charge in [0.15, 0.2) is 0 Å².